The molecule has 0 radical (unpaired) electrons. The van der Waals surface area contributed by atoms with E-state index in [1.807, 2.05) is 18.2 Å². The summed E-state index contributed by atoms with van der Waals surface area (Å²) in [7, 11) is 0. The van der Waals surface area contributed by atoms with E-state index in [1.54, 1.807) is 6.92 Å². The number of carboxylic acid groups (broad SMARTS) is 1. The zero-order valence-corrected chi connectivity index (χ0v) is 11.1. The van der Waals surface area contributed by atoms with Crippen LogP contribution in [-0.2, 0) is 0 Å². The highest BCUT2D eigenvalue weighted by molar-refractivity contribution is 5.87. The van der Waals surface area contributed by atoms with E-state index in [-0.39, 0.29) is 17.6 Å². The monoisotopic (exact) mass is 273 g/mol. The van der Waals surface area contributed by atoms with Crippen LogP contribution in [0.25, 0.3) is 0 Å². The number of hydrogen-bond acceptors (Lipinski definition) is 4. The maximum atomic E-state index is 11.1. The zero-order valence-electron chi connectivity index (χ0n) is 11.1. The molecule has 1 fully saturated rings. The van der Waals surface area contributed by atoms with E-state index in [1.165, 1.54) is 5.56 Å². The quantitative estimate of drug-likeness (QED) is 0.906. The number of aromatic carboxylic acids is 1. The summed E-state index contributed by atoms with van der Waals surface area (Å²) in [6, 6.07) is 10.1. The van der Waals surface area contributed by atoms with Gasteiger partial charge in [0, 0.05) is 5.92 Å². The lowest BCUT2D eigenvalue weighted by Gasteiger charge is -1.98. The van der Waals surface area contributed by atoms with Gasteiger partial charge in [0.2, 0.25) is 11.6 Å². The molecule has 1 aromatic heterocycles. The van der Waals surface area contributed by atoms with Crippen LogP contribution >= 0.6 is 0 Å². The highest BCUT2D eigenvalue weighted by atomic mass is 16.6. The Morgan fingerprint density at radius 3 is 2.80 bits per heavy atom. The first-order valence-electron chi connectivity index (χ1n) is 6.62. The molecule has 1 heterocycles. The van der Waals surface area contributed by atoms with Crippen molar-refractivity contribution in [3.63, 3.8) is 0 Å². The van der Waals surface area contributed by atoms with Crippen molar-refractivity contribution in [1.82, 2.24) is 4.98 Å². The molecule has 2 atom stereocenters. The number of rotatable bonds is 5. The van der Waals surface area contributed by atoms with Crippen molar-refractivity contribution < 1.29 is 19.1 Å². The van der Waals surface area contributed by atoms with Crippen LogP contribution in [0.1, 0.15) is 47.1 Å². The normalized spacial score (nSPS) is 20.6. The van der Waals surface area contributed by atoms with E-state index < -0.39 is 5.97 Å². The van der Waals surface area contributed by atoms with Gasteiger partial charge in [-0.15, -0.1) is 0 Å². The molecule has 5 heteroatoms. The van der Waals surface area contributed by atoms with Crippen LogP contribution in [0.15, 0.2) is 34.7 Å². The predicted molar refractivity (Wildman–Crippen MR) is 71.2 cm³/mol. The number of carboxylic acids is 1. The third-order valence-corrected chi connectivity index (χ3v) is 3.43. The van der Waals surface area contributed by atoms with Gasteiger partial charge in [-0.3, -0.25) is 0 Å². The van der Waals surface area contributed by atoms with Gasteiger partial charge in [0.25, 0.3) is 0 Å². The smallest absolute Gasteiger partial charge is 0.362 e. The molecule has 3 rings (SSSR count). The number of carbonyl (C=O) groups is 1. The third-order valence-electron chi connectivity index (χ3n) is 3.43. The van der Waals surface area contributed by atoms with Gasteiger partial charge in [-0.05, 0) is 24.8 Å². The summed E-state index contributed by atoms with van der Waals surface area (Å²) in [6.07, 6.45) is 0.926. The topological polar surface area (TPSA) is 72.6 Å². The van der Waals surface area contributed by atoms with Crippen molar-refractivity contribution in [2.45, 2.75) is 25.2 Å². The largest absolute Gasteiger partial charge is 0.476 e. The van der Waals surface area contributed by atoms with Crippen molar-refractivity contribution in [3.05, 3.63) is 47.5 Å². The Hall–Kier alpha value is -2.30. The fraction of sp³-hybridized carbons (Fsp3) is 0.333. The average Bonchev–Trinajstić information content (AvgIpc) is 3.14. The first-order valence-corrected chi connectivity index (χ1v) is 6.62. The summed E-state index contributed by atoms with van der Waals surface area (Å²) >= 11 is 0. The van der Waals surface area contributed by atoms with Crippen LogP contribution in [0.5, 0.6) is 5.95 Å². The van der Waals surface area contributed by atoms with E-state index in [4.69, 9.17) is 14.3 Å². The van der Waals surface area contributed by atoms with Gasteiger partial charge < -0.3 is 14.3 Å². The van der Waals surface area contributed by atoms with Gasteiger partial charge in [0.05, 0.1) is 6.61 Å². The lowest BCUT2D eigenvalue weighted by Crippen LogP contribution is -2.01. The van der Waals surface area contributed by atoms with Crippen molar-refractivity contribution in [2.24, 2.45) is 0 Å². The number of benzene rings is 1. The number of nitrogens with zero attached hydrogens (tertiary/aromatic N) is 1. The molecule has 0 amide bonds. The second-order valence-corrected chi connectivity index (χ2v) is 4.79. The molecule has 1 saturated carbocycles. The summed E-state index contributed by atoms with van der Waals surface area (Å²) < 4.78 is 10.7. The predicted octanol–water partition coefficient (Wildman–Crippen LogP) is 3.04. The van der Waals surface area contributed by atoms with Crippen molar-refractivity contribution >= 4 is 5.97 Å². The molecule has 2 aromatic rings. The standard InChI is InChI=1S/C15H15NO4/c1-2-19-15-12(14(17)18)16-13(20-15)11-8-10(11)9-6-4-3-5-7-9/h3-7,10-11H,2,8H2,1H3,(H,17,18). The number of hydrogen-bond donors (Lipinski definition) is 1. The van der Waals surface area contributed by atoms with Crippen LogP contribution < -0.4 is 4.74 Å². The summed E-state index contributed by atoms with van der Waals surface area (Å²) in [5.41, 5.74) is 1.09. The Morgan fingerprint density at radius 1 is 1.40 bits per heavy atom. The number of oxazole rings is 1. The van der Waals surface area contributed by atoms with Crippen molar-refractivity contribution in [2.75, 3.05) is 6.61 Å². The molecule has 1 N–H and O–H groups in total. The maximum Gasteiger partial charge on any atom is 0.362 e. The van der Waals surface area contributed by atoms with Gasteiger partial charge in [0.1, 0.15) is 0 Å². The van der Waals surface area contributed by atoms with Crippen LogP contribution in [0.3, 0.4) is 0 Å². The van der Waals surface area contributed by atoms with Gasteiger partial charge >= 0.3 is 11.9 Å². The molecule has 104 valence electrons. The fourth-order valence-corrected chi connectivity index (χ4v) is 2.38. The van der Waals surface area contributed by atoms with E-state index in [0.29, 0.717) is 18.4 Å². The lowest BCUT2D eigenvalue weighted by molar-refractivity contribution is 0.0683. The van der Waals surface area contributed by atoms with Crippen LogP contribution in [-0.4, -0.2) is 22.7 Å². The highest BCUT2D eigenvalue weighted by Crippen LogP contribution is 2.54. The summed E-state index contributed by atoms with van der Waals surface area (Å²) in [6.45, 7) is 2.12. The van der Waals surface area contributed by atoms with E-state index in [2.05, 4.69) is 17.1 Å². The first kappa shape index (κ1) is 12.7. The van der Waals surface area contributed by atoms with Crippen molar-refractivity contribution in [1.29, 1.82) is 0 Å². The maximum absolute atomic E-state index is 11.1. The summed E-state index contributed by atoms with van der Waals surface area (Å²) in [4.78, 5) is 15.2. The lowest BCUT2D eigenvalue weighted by atomic mass is 10.1. The SMILES string of the molecule is CCOc1oc(C2CC2c2ccccc2)nc1C(=O)O. The minimum atomic E-state index is -1.12. The minimum Gasteiger partial charge on any atom is -0.476 e. The Morgan fingerprint density at radius 2 is 2.15 bits per heavy atom. The molecule has 1 aliphatic carbocycles. The molecule has 1 aliphatic rings. The Balaban J connectivity index is 1.82. The van der Waals surface area contributed by atoms with Crippen LogP contribution in [0, 0.1) is 0 Å². The average molecular weight is 273 g/mol. The van der Waals surface area contributed by atoms with Gasteiger partial charge in [-0.1, -0.05) is 30.3 Å². The summed E-state index contributed by atoms with van der Waals surface area (Å²) in [5.74, 6) is -0.163. The molecule has 2 unspecified atom stereocenters. The Bertz CT molecular complexity index is 620. The molecule has 1 aromatic carbocycles. The Kier molecular flexibility index (Phi) is 3.18. The van der Waals surface area contributed by atoms with Gasteiger partial charge in [0.15, 0.2) is 0 Å². The fourth-order valence-electron chi connectivity index (χ4n) is 2.38. The van der Waals surface area contributed by atoms with Crippen molar-refractivity contribution in [3.8, 4) is 5.95 Å². The molecule has 0 bridgehead atoms. The van der Waals surface area contributed by atoms with Gasteiger partial charge in [-0.2, -0.15) is 0 Å². The number of aromatic nitrogens is 1. The first-order chi connectivity index (χ1) is 9.70. The zero-order chi connectivity index (χ0) is 14.1. The molecular weight excluding hydrogens is 258 g/mol. The molecule has 0 aliphatic heterocycles. The highest BCUT2D eigenvalue weighted by Gasteiger charge is 2.44. The van der Waals surface area contributed by atoms with E-state index >= 15 is 0 Å². The summed E-state index contributed by atoms with van der Waals surface area (Å²) in [5, 5.41) is 9.09. The Labute approximate surface area is 116 Å². The minimum absolute atomic E-state index is 0.00807. The second kappa shape index (κ2) is 5.00. The van der Waals surface area contributed by atoms with E-state index in [0.717, 1.165) is 6.42 Å². The molecule has 20 heavy (non-hydrogen) atoms. The molecule has 5 nitrogen and oxygen atoms in total. The molecule has 0 saturated heterocycles. The van der Waals surface area contributed by atoms with Crippen LogP contribution in [0.4, 0.5) is 0 Å². The molecular formula is C15H15NO4. The van der Waals surface area contributed by atoms with Gasteiger partial charge in [-0.25, -0.2) is 9.78 Å². The number of ether oxygens (including phenoxy) is 1. The van der Waals surface area contributed by atoms with E-state index in [9.17, 15) is 4.79 Å². The third kappa shape index (κ3) is 2.27. The van der Waals surface area contributed by atoms with Crippen LogP contribution in [0.2, 0.25) is 0 Å². The second-order valence-electron chi connectivity index (χ2n) is 4.79. The molecule has 0 spiro atoms.